The molecule has 0 aliphatic heterocycles. The highest BCUT2D eigenvalue weighted by molar-refractivity contribution is 5.25. The zero-order valence-electron chi connectivity index (χ0n) is 10.3. The Labute approximate surface area is 101 Å². The summed E-state index contributed by atoms with van der Waals surface area (Å²) in [5.74, 6) is -1.57. The maximum absolute atomic E-state index is 13.2. The third kappa shape index (κ3) is 4.30. The minimum Gasteiger partial charge on any atom is -0.488 e. The summed E-state index contributed by atoms with van der Waals surface area (Å²) in [5, 5.41) is 3.17. The number of para-hydroxylation sites is 1. The predicted molar refractivity (Wildman–Crippen MR) is 64.2 cm³/mol. The molecule has 0 aromatic heterocycles. The van der Waals surface area contributed by atoms with E-state index in [1.54, 1.807) is 0 Å². The van der Waals surface area contributed by atoms with Crippen LogP contribution in [0.5, 0.6) is 5.75 Å². The summed E-state index contributed by atoms with van der Waals surface area (Å²) < 4.78 is 31.5. The monoisotopic (exact) mass is 243 g/mol. The number of nitrogens with one attached hydrogen (secondary N) is 1. The Balaban J connectivity index is 2.36. The molecule has 0 spiro atoms. The van der Waals surface area contributed by atoms with Crippen LogP contribution in [0.15, 0.2) is 18.2 Å². The first kappa shape index (κ1) is 13.9. The summed E-state index contributed by atoms with van der Waals surface area (Å²) in [6.07, 6.45) is 2.74. The van der Waals surface area contributed by atoms with Crippen LogP contribution in [-0.2, 0) is 0 Å². The number of benzene rings is 1. The van der Waals surface area contributed by atoms with Gasteiger partial charge in [-0.2, -0.15) is 0 Å². The molecule has 0 saturated heterocycles. The summed E-state index contributed by atoms with van der Waals surface area (Å²) >= 11 is 0. The summed E-state index contributed by atoms with van der Waals surface area (Å²) in [4.78, 5) is 0. The fraction of sp³-hybridized carbons (Fsp3) is 0.538. The minimum absolute atomic E-state index is 0.273. The van der Waals surface area contributed by atoms with Gasteiger partial charge < -0.3 is 10.1 Å². The van der Waals surface area contributed by atoms with Crippen molar-refractivity contribution in [3.63, 3.8) is 0 Å². The van der Waals surface area contributed by atoms with Gasteiger partial charge in [0.2, 0.25) is 0 Å². The van der Waals surface area contributed by atoms with Crippen LogP contribution in [0.4, 0.5) is 8.78 Å². The van der Waals surface area contributed by atoms with E-state index >= 15 is 0 Å². The third-order valence-corrected chi connectivity index (χ3v) is 2.76. The van der Waals surface area contributed by atoms with Crippen LogP contribution in [0.3, 0.4) is 0 Å². The largest absolute Gasteiger partial charge is 0.488 e. The highest BCUT2D eigenvalue weighted by Crippen LogP contribution is 2.21. The first-order valence-electron chi connectivity index (χ1n) is 5.93. The second-order valence-corrected chi connectivity index (χ2v) is 3.94. The lowest BCUT2D eigenvalue weighted by molar-refractivity contribution is 0.269. The van der Waals surface area contributed by atoms with Gasteiger partial charge in [-0.25, -0.2) is 8.78 Å². The summed E-state index contributed by atoms with van der Waals surface area (Å²) in [5.41, 5.74) is 0. The Morgan fingerprint density at radius 1 is 1.29 bits per heavy atom. The highest BCUT2D eigenvalue weighted by atomic mass is 19.1. The normalized spacial score (nSPS) is 12.5. The van der Waals surface area contributed by atoms with Gasteiger partial charge in [0.1, 0.15) is 0 Å². The molecule has 0 aliphatic rings. The Hall–Kier alpha value is -1.16. The Morgan fingerprint density at radius 2 is 1.94 bits per heavy atom. The second-order valence-electron chi connectivity index (χ2n) is 3.94. The molecular weight excluding hydrogens is 224 g/mol. The molecule has 1 unspecified atom stereocenters. The average molecular weight is 243 g/mol. The smallest absolute Gasteiger partial charge is 0.190 e. The standard InChI is InChI=1S/C13H19F2NO/c1-3-10(16-2)6-5-9-17-13-11(14)7-4-8-12(13)15/h4,7-8,10,16H,3,5-6,9H2,1-2H3. The van der Waals surface area contributed by atoms with E-state index in [4.69, 9.17) is 4.74 Å². The van der Waals surface area contributed by atoms with Gasteiger partial charge in [0.05, 0.1) is 6.61 Å². The maximum atomic E-state index is 13.2. The van der Waals surface area contributed by atoms with Crippen LogP contribution in [-0.4, -0.2) is 19.7 Å². The van der Waals surface area contributed by atoms with E-state index in [-0.39, 0.29) is 5.75 Å². The molecular formula is C13H19F2NO. The van der Waals surface area contributed by atoms with Gasteiger partial charge >= 0.3 is 0 Å². The molecule has 4 heteroatoms. The van der Waals surface area contributed by atoms with Gasteiger partial charge in [-0.1, -0.05) is 13.0 Å². The lowest BCUT2D eigenvalue weighted by Gasteiger charge is -2.14. The zero-order valence-corrected chi connectivity index (χ0v) is 10.3. The van der Waals surface area contributed by atoms with Crippen molar-refractivity contribution in [2.45, 2.75) is 32.2 Å². The summed E-state index contributed by atoms with van der Waals surface area (Å²) in [6.45, 7) is 2.43. The van der Waals surface area contributed by atoms with Crippen molar-refractivity contribution in [3.8, 4) is 5.75 Å². The van der Waals surface area contributed by atoms with Crippen LogP contribution in [0.1, 0.15) is 26.2 Å². The molecule has 0 bridgehead atoms. The van der Waals surface area contributed by atoms with E-state index in [1.165, 1.54) is 18.2 Å². The van der Waals surface area contributed by atoms with E-state index in [9.17, 15) is 8.78 Å². The maximum Gasteiger partial charge on any atom is 0.190 e. The predicted octanol–water partition coefficient (Wildman–Crippen LogP) is 3.12. The van der Waals surface area contributed by atoms with Crippen molar-refractivity contribution >= 4 is 0 Å². The molecule has 0 radical (unpaired) electrons. The van der Waals surface area contributed by atoms with Crippen molar-refractivity contribution in [2.75, 3.05) is 13.7 Å². The molecule has 1 rings (SSSR count). The highest BCUT2D eigenvalue weighted by Gasteiger charge is 2.09. The van der Waals surface area contributed by atoms with Crippen molar-refractivity contribution in [3.05, 3.63) is 29.8 Å². The number of hydrogen-bond acceptors (Lipinski definition) is 2. The quantitative estimate of drug-likeness (QED) is 0.743. The van der Waals surface area contributed by atoms with Gasteiger partial charge in [-0.3, -0.25) is 0 Å². The summed E-state index contributed by atoms with van der Waals surface area (Å²) in [7, 11) is 1.91. The first-order chi connectivity index (χ1) is 8.19. The van der Waals surface area contributed by atoms with Gasteiger partial charge in [-0.05, 0) is 38.4 Å². The van der Waals surface area contributed by atoms with E-state index < -0.39 is 11.6 Å². The Bertz CT molecular complexity index is 320. The van der Waals surface area contributed by atoms with Gasteiger partial charge in [0.15, 0.2) is 17.4 Å². The van der Waals surface area contributed by atoms with E-state index in [0.717, 1.165) is 19.3 Å². The third-order valence-electron chi connectivity index (χ3n) is 2.76. The number of hydrogen-bond donors (Lipinski definition) is 1. The lowest BCUT2D eigenvalue weighted by Crippen LogP contribution is -2.24. The molecule has 1 aromatic carbocycles. The SMILES string of the molecule is CCC(CCCOc1c(F)cccc1F)NC. The molecule has 1 N–H and O–H groups in total. The first-order valence-corrected chi connectivity index (χ1v) is 5.93. The summed E-state index contributed by atoms with van der Waals surface area (Å²) in [6, 6.07) is 4.15. The molecule has 0 fully saturated rings. The number of rotatable bonds is 7. The molecule has 0 saturated carbocycles. The zero-order chi connectivity index (χ0) is 12.7. The molecule has 1 atom stereocenters. The minimum atomic E-state index is -0.648. The molecule has 17 heavy (non-hydrogen) atoms. The Morgan fingerprint density at radius 3 is 2.47 bits per heavy atom. The van der Waals surface area contributed by atoms with Crippen molar-refractivity contribution in [1.82, 2.24) is 5.32 Å². The Kier molecular flexibility index (Phi) is 5.91. The molecule has 0 heterocycles. The number of ether oxygens (including phenoxy) is 1. The average Bonchev–Trinajstić information content (AvgIpc) is 2.32. The topological polar surface area (TPSA) is 21.3 Å². The molecule has 96 valence electrons. The van der Waals surface area contributed by atoms with Gasteiger partial charge in [-0.15, -0.1) is 0 Å². The van der Waals surface area contributed by atoms with Crippen LogP contribution < -0.4 is 10.1 Å². The molecule has 0 aliphatic carbocycles. The molecule has 1 aromatic rings. The second kappa shape index (κ2) is 7.22. The molecule has 0 amide bonds. The molecule has 2 nitrogen and oxygen atoms in total. The fourth-order valence-corrected chi connectivity index (χ4v) is 1.68. The van der Waals surface area contributed by atoms with E-state index in [0.29, 0.717) is 12.6 Å². The van der Waals surface area contributed by atoms with Crippen molar-refractivity contribution < 1.29 is 13.5 Å². The van der Waals surface area contributed by atoms with E-state index in [2.05, 4.69) is 12.2 Å². The van der Waals surface area contributed by atoms with Crippen LogP contribution in [0, 0.1) is 11.6 Å². The van der Waals surface area contributed by atoms with Gasteiger partial charge in [0, 0.05) is 6.04 Å². The van der Waals surface area contributed by atoms with Crippen LogP contribution in [0.2, 0.25) is 0 Å². The fourth-order valence-electron chi connectivity index (χ4n) is 1.68. The lowest BCUT2D eigenvalue weighted by atomic mass is 10.1. The van der Waals surface area contributed by atoms with Gasteiger partial charge in [0.25, 0.3) is 0 Å². The van der Waals surface area contributed by atoms with Crippen molar-refractivity contribution in [1.29, 1.82) is 0 Å². The van der Waals surface area contributed by atoms with Crippen LogP contribution >= 0.6 is 0 Å². The van der Waals surface area contributed by atoms with Crippen molar-refractivity contribution in [2.24, 2.45) is 0 Å². The number of halogens is 2. The van der Waals surface area contributed by atoms with E-state index in [1.807, 2.05) is 7.05 Å². The van der Waals surface area contributed by atoms with Crippen LogP contribution in [0.25, 0.3) is 0 Å².